The van der Waals surface area contributed by atoms with Crippen LogP contribution in [0, 0.1) is 0 Å². The predicted molar refractivity (Wildman–Crippen MR) is 172 cm³/mol. The van der Waals surface area contributed by atoms with Crippen molar-refractivity contribution >= 4 is 5.78 Å². The van der Waals surface area contributed by atoms with Crippen LogP contribution in [0.25, 0.3) is 0 Å². The van der Waals surface area contributed by atoms with Gasteiger partial charge in [0.05, 0.1) is 5.56 Å². The Labute approximate surface area is 247 Å². The number of quaternary nitrogens is 1. The highest BCUT2D eigenvalue weighted by atomic mass is 16.7. The summed E-state index contributed by atoms with van der Waals surface area (Å²) < 4.78 is 0.456. The Kier molecular flexibility index (Phi) is 17.6. The zero-order valence-corrected chi connectivity index (χ0v) is 26.5. The van der Waals surface area contributed by atoms with Gasteiger partial charge in [0.2, 0.25) is 5.75 Å². The minimum absolute atomic E-state index is 0.0173. The van der Waals surface area contributed by atoms with Crippen LogP contribution in [-0.2, 0) is 0 Å². The minimum atomic E-state index is 0.0173. The van der Waals surface area contributed by atoms with Crippen molar-refractivity contribution in [3.63, 3.8) is 0 Å². The molecule has 0 fully saturated rings. The number of carbonyl (C=O) groups excluding carboxylic acids is 1. The highest BCUT2D eigenvalue weighted by Gasteiger charge is 2.32. The molecule has 0 radical (unpaired) electrons. The molecule has 1 atom stereocenters. The van der Waals surface area contributed by atoms with Crippen molar-refractivity contribution in [3.05, 3.63) is 65.7 Å². The number of nitrogens with zero attached hydrogens (tertiary/aromatic N) is 1. The fraction of sp³-hybridized carbons (Fsp3) is 0.649. The van der Waals surface area contributed by atoms with Crippen molar-refractivity contribution in [3.8, 4) is 5.75 Å². The van der Waals surface area contributed by atoms with Gasteiger partial charge in [-0.15, -0.1) is 4.65 Å². The Bertz CT molecular complexity index is 907. The Hall–Kier alpha value is -2.13. The van der Waals surface area contributed by atoms with Gasteiger partial charge in [0.15, 0.2) is 5.78 Å². The second-order valence-corrected chi connectivity index (χ2v) is 12.3. The third-order valence-corrected chi connectivity index (χ3v) is 8.41. The van der Waals surface area contributed by atoms with Crippen LogP contribution < -0.4 is 4.84 Å². The first kappa shape index (κ1) is 34.1. The van der Waals surface area contributed by atoms with E-state index in [1.165, 1.54) is 116 Å². The molecule has 0 heterocycles. The third-order valence-electron chi connectivity index (χ3n) is 8.41. The van der Waals surface area contributed by atoms with Crippen LogP contribution >= 0.6 is 0 Å². The van der Waals surface area contributed by atoms with Crippen LogP contribution in [0.3, 0.4) is 0 Å². The molecule has 0 saturated heterocycles. The maximum Gasteiger partial charge on any atom is 0.201 e. The molecular formula is C37H60NO2+. The summed E-state index contributed by atoms with van der Waals surface area (Å²) in [5.41, 5.74) is 1.34. The topological polar surface area (TPSA) is 26.3 Å². The summed E-state index contributed by atoms with van der Waals surface area (Å²) >= 11 is 0. The first-order valence-corrected chi connectivity index (χ1v) is 16.7. The van der Waals surface area contributed by atoms with Crippen molar-refractivity contribution in [2.24, 2.45) is 0 Å². The number of unbranched alkanes of at least 4 members (excludes halogenated alkanes) is 15. The van der Waals surface area contributed by atoms with E-state index in [1.54, 1.807) is 0 Å². The van der Waals surface area contributed by atoms with E-state index in [0.29, 0.717) is 27.6 Å². The van der Waals surface area contributed by atoms with Crippen molar-refractivity contribution in [2.75, 3.05) is 14.1 Å². The number of para-hydroxylation sites is 1. The molecule has 0 aliphatic rings. The average Bonchev–Trinajstić information content (AvgIpc) is 2.96. The lowest BCUT2D eigenvalue weighted by Crippen LogP contribution is -2.51. The number of benzene rings is 2. The third kappa shape index (κ3) is 13.5. The van der Waals surface area contributed by atoms with Gasteiger partial charge in [0, 0.05) is 18.4 Å². The fourth-order valence-corrected chi connectivity index (χ4v) is 5.76. The van der Waals surface area contributed by atoms with Crippen LogP contribution in [0.4, 0.5) is 0 Å². The van der Waals surface area contributed by atoms with E-state index in [4.69, 9.17) is 4.84 Å². The molecule has 0 amide bonds. The summed E-state index contributed by atoms with van der Waals surface area (Å²) in [6.45, 7) is 4.55. The number of hydrogen-bond acceptors (Lipinski definition) is 2. The Morgan fingerprint density at radius 3 is 1.60 bits per heavy atom. The summed E-state index contributed by atoms with van der Waals surface area (Å²) in [5.74, 6) is 0.697. The number of hydrogen-bond donors (Lipinski definition) is 0. The molecule has 3 nitrogen and oxygen atoms in total. The lowest BCUT2D eigenvalue weighted by Gasteiger charge is -2.36. The summed E-state index contributed by atoms with van der Waals surface area (Å²) in [5, 5.41) is 0. The predicted octanol–water partition coefficient (Wildman–Crippen LogP) is 11.1. The average molecular weight is 551 g/mol. The Morgan fingerprint density at radius 2 is 1.05 bits per heavy atom. The summed E-state index contributed by atoms with van der Waals surface area (Å²) in [4.78, 5) is 19.9. The van der Waals surface area contributed by atoms with Crippen molar-refractivity contribution in [2.45, 2.75) is 142 Å². The molecule has 0 spiro atoms. The van der Waals surface area contributed by atoms with Crippen LogP contribution in [0.2, 0.25) is 0 Å². The highest BCUT2D eigenvalue weighted by Crippen LogP contribution is 2.28. The molecule has 0 aromatic heterocycles. The maximum atomic E-state index is 13.2. The molecule has 2 rings (SSSR count). The van der Waals surface area contributed by atoms with Crippen LogP contribution in [0.5, 0.6) is 5.75 Å². The van der Waals surface area contributed by atoms with Gasteiger partial charge in [-0.25, -0.2) is 0 Å². The molecule has 224 valence electrons. The fourth-order valence-electron chi connectivity index (χ4n) is 5.76. The van der Waals surface area contributed by atoms with Gasteiger partial charge in [-0.2, -0.15) is 0 Å². The molecule has 0 aliphatic heterocycles. The number of ketones is 1. The monoisotopic (exact) mass is 550 g/mol. The number of carbonyl (C=O) groups is 1. The first-order valence-electron chi connectivity index (χ1n) is 16.7. The van der Waals surface area contributed by atoms with Crippen LogP contribution in [0.15, 0.2) is 54.6 Å². The second-order valence-electron chi connectivity index (χ2n) is 12.3. The van der Waals surface area contributed by atoms with Crippen LogP contribution in [-0.4, -0.2) is 30.6 Å². The van der Waals surface area contributed by atoms with Gasteiger partial charge < -0.3 is 4.84 Å². The molecule has 40 heavy (non-hydrogen) atoms. The number of hydroxylamine groups is 3. The molecule has 0 N–H and O–H groups in total. The summed E-state index contributed by atoms with van der Waals surface area (Å²) in [7, 11) is 4.32. The molecule has 2 aromatic carbocycles. The largest absolute Gasteiger partial charge is 0.315 e. The van der Waals surface area contributed by atoms with Crippen molar-refractivity contribution < 1.29 is 14.3 Å². The van der Waals surface area contributed by atoms with Gasteiger partial charge in [0.1, 0.15) is 20.1 Å². The van der Waals surface area contributed by atoms with Crippen LogP contribution in [0.1, 0.15) is 152 Å². The molecule has 0 saturated carbocycles. The number of rotatable bonds is 24. The first-order chi connectivity index (χ1) is 19.5. The minimum Gasteiger partial charge on any atom is -0.315 e. The van der Waals surface area contributed by atoms with E-state index in [0.717, 1.165) is 6.42 Å². The Balaban J connectivity index is 1.73. The van der Waals surface area contributed by atoms with E-state index in [-0.39, 0.29) is 5.78 Å². The van der Waals surface area contributed by atoms with E-state index < -0.39 is 0 Å². The molecule has 3 heteroatoms. The SMILES string of the molecule is CCCCCCCCCCCCCCCCCC(CCCC)[N+](C)(C)Oc1ccccc1C(=O)c1ccccc1. The van der Waals surface area contributed by atoms with E-state index in [9.17, 15) is 4.79 Å². The smallest absolute Gasteiger partial charge is 0.201 e. The quantitative estimate of drug-likeness (QED) is 0.0562. The summed E-state index contributed by atoms with van der Waals surface area (Å²) in [6, 6.07) is 17.7. The lowest BCUT2D eigenvalue weighted by molar-refractivity contribution is -1.07. The Morgan fingerprint density at radius 1 is 0.600 bits per heavy atom. The lowest BCUT2D eigenvalue weighted by atomic mass is 10.00. The maximum absolute atomic E-state index is 13.2. The van der Waals surface area contributed by atoms with Gasteiger partial charge in [-0.3, -0.25) is 4.79 Å². The van der Waals surface area contributed by atoms with Crippen molar-refractivity contribution in [1.82, 2.24) is 0 Å². The van der Waals surface area contributed by atoms with Gasteiger partial charge in [-0.05, 0) is 25.0 Å². The zero-order chi connectivity index (χ0) is 28.9. The molecule has 0 aliphatic carbocycles. The second kappa shape index (κ2) is 20.7. The van der Waals surface area contributed by atoms with Gasteiger partial charge >= 0.3 is 0 Å². The summed E-state index contributed by atoms with van der Waals surface area (Å²) in [6.07, 6.45) is 25.6. The van der Waals surface area contributed by atoms with E-state index in [1.807, 2.05) is 54.6 Å². The molecule has 2 aromatic rings. The van der Waals surface area contributed by atoms with E-state index >= 15 is 0 Å². The van der Waals surface area contributed by atoms with Crippen molar-refractivity contribution in [1.29, 1.82) is 0 Å². The molecule has 1 unspecified atom stereocenters. The highest BCUT2D eigenvalue weighted by molar-refractivity contribution is 6.10. The van der Waals surface area contributed by atoms with Gasteiger partial charge in [0.25, 0.3) is 0 Å². The normalized spacial score (nSPS) is 12.4. The van der Waals surface area contributed by atoms with Gasteiger partial charge in [-0.1, -0.05) is 153 Å². The zero-order valence-electron chi connectivity index (χ0n) is 26.5. The standard InChI is InChI=1S/C37H60NO2/c1-5-7-9-10-11-12-13-14-15-16-17-18-19-20-24-30-34(29-8-6-2)38(3,4)40-36-32-26-25-31-35(36)37(39)33-27-22-21-23-28-33/h21-23,25-28,31-32,34H,5-20,24,29-30H2,1-4H3/q+1. The van der Waals surface area contributed by atoms with E-state index in [2.05, 4.69) is 27.9 Å². The molecular weight excluding hydrogens is 490 g/mol. The molecule has 0 bridgehead atoms.